The molecule has 0 radical (unpaired) electrons. The Balaban J connectivity index is 1.92. The average molecular weight is 458 g/mol. The molecule has 6 heteroatoms. The lowest BCUT2D eigenvalue weighted by molar-refractivity contribution is 0.0606. The Morgan fingerprint density at radius 3 is 1.71 bits per heavy atom. The third-order valence-corrected chi connectivity index (χ3v) is 6.89. The van der Waals surface area contributed by atoms with Gasteiger partial charge in [0.05, 0.1) is 11.3 Å². The number of nitrogens with zero attached hydrogens (tertiary/aromatic N) is 4. The zero-order valence-corrected chi connectivity index (χ0v) is 20.9. The number of carbonyl (C=O) groups is 1. The van der Waals surface area contributed by atoms with E-state index in [4.69, 9.17) is 4.98 Å². The van der Waals surface area contributed by atoms with Gasteiger partial charge in [0.15, 0.2) is 0 Å². The van der Waals surface area contributed by atoms with Crippen molar-refractivity contribution in [1.29, 1.82) is 0 Å². The molecule has 2 aromatic carbocycles. The van der Waals surface area contributed by atoms with E-state index in [0.29, 0.717) is 5.56 Å². The minimum atomic E-state index is -0.789. The number of anilines is 2. The Morgan fingerprint density at radius 1 is 0.794 bits per heavy atom. The van der Waals surface area contributed by atoms with Crippen LogP contribution in [-0.4, -0.2) is 49.1 Å². The molecule has 1 N–H and O–H groups in total. The van der Waals surface area contributed by atoms with Gasteiger partial charge < -0.3 is 9.80 Å². The van der Waals surface area contributed by atoms with Gasteiger partial charge in [-0.3, -0.25) is 14.8 Å². The van der Waals surface area contributed by atoms with E-state index < -0.39 is 5.54 Å². The first-order valence-electron chi connectivity index (χ1n) is 12.2. The molecule has 1 aliphatic rings. The Bertz CT molecular complexity index is 1060. The Kier molecular flexibility index (Phi) is 6.89. The van der Waals surface area contributed by atoms with Gasteiger partial charge >= 0.3 is 0 Å². The summed E-state index contributed by atoms with van der Waals surface area (Å²) in [5.74, 6) is -0.0850. The molecule has 3 aromatic rings. The van der Waals surface area contributed by atoms with E-state index in [2.05, 4.69) is 91.5 Å². The van der Waals surface area contributed by atoms with Gasteiger partial charge in [-0.1, -0.05) is 24.3 Å². The summed E-state index contributed by atoms with van der Waals surface area (Å²) in [5.41, 5.74) is 8.51. The van der Waals surface area contributed by atoms with Crippen LogP contribution in [0.5, 0.6) is 0 Å². The summed E-state index contributed by atoms with van der Waals surface area (Å²) < 4.78 is 0. The molecule has 1 aromatic heterocycles. The SMILES string of the molecule is CCN(CC)c1ccc(C2(c3ccc(N(CC)CC)cc3)NN(C)C(=O)c3cccnc32)cc1. The third-order valence-electron chi connectivity index (χ3n) is 6.89. The fourth-order valence-electron chi connectivity index (χ4n) is 5.00. The third kappa shape index (κ3) is 3.92. The first-order valence-corrected chi connectivity index (χ1v) is 12.2. The summed E-state index contributed by atoms with van der Waals surface area (Å²) in [5, 5.41) is 1.58. The van der Waals surface area contributed by atoms with Gasteiger partial charge in [0.1, 0.15) is 5.54 Å². The van der Waals surface area contributed by atoms with Crippen molar-refractivity contribution in [2.75, 3.05) is 43.0 Å². The number of amides is 1. The van der Waals surface area contributed by atoms with Crippen LogP contribution in [0.2, 0.25) is 0 Å². The van der Waals surface area contributed by atoms with Crippen LogP contribution in [0, 0.1) is 0 Å². The number of rotatable bonds is 8. The molecule has 178 valence electrons. The zero-order chi connectivity index (χ0) is 24.3. The highest BCUT2D eigenvalue weighted by Gasteiger charge is 2.46. The van der Waals surface area contributed by atoms with Crippen LogP contribution in [0.4, 0.5) is 11.4 Å². The van der Waals surface area contributed by atoms with Crippen LogP contribution >= 0.6 is 0 Å². The molecule has 2 heterocycles. The van der Waals surface area contributed by atoms with Gasteiger partial charge in [0.2, 0.25) is 0 Å². The van der Waals surface area contributed by atoms with Crippen LogP contribution in [-0.2, 0) is 5.54 Å². The second-order valence-electron chi connectivity index (χ2n) is 8.56. The summed E-state index contributed by atoms with van der Waals surface area (Å²) in [6, 6.07) is 21.0. The van der Waals surface area contributed by atoms with Gasteiger partial charge in [0, 0.05) is 50.8 Å². The predicted octanol–water partition coefficient (Wildman–Crippen LogP) is 4.66. The molecule has 0 atom stereocenters. The first kappa shape index (κ1) is 23.8. The van der Waals surface area contributed by atoms with E-state index >= 15 is 0 Å². The lowest BCUT2D eigenvalue weighted by atomic mass is 9.77. The summed E-state index contributed by atoms with van der Waals surface area (Å²) in [6.07, 6.45) is 1.77. The predicted molar refractivity (Wildman–Crippen MR) is 139 cm³/mol. The topological polar surface area (TPSA) is 51.7 Å². The fraction of sp³-hybridized carbons (Fsp3) is 0.357. The Morgan fingerprint density at radius 2 is 1.26 bits per heavy atom. The number of aromatic nitrogens is 1. The second kappa shape index (κ2) is 9.85. The van der Waals surface area contributed by atoms with Gasteiger partial charge in [-0.15, -0.1) is 0 Å². The minimum absolute atomic E-state index is 0.0850. The molecule has 0 saturated heterocycles. The molecule has 0 saturated carbocycles. The smallest absolute Gasteiger partial charge is 0.269 e. The van der Waals surface area contributed by atoms with Crippen molar-refractivity contribution in [2.24, 2.45) is 0 Å². The average Bonchev–Trinajstić information content (AvgIpc) is 2.89. The van der Waals surface area contributed by atoms with E-state index in [1.807, 2.05) is 12.1 Å². The van der Waals surface area contributed by atoms with Crippen molar-refractivity contribution in [3.8, 4) is 0 Å². The highest BCUT2D eigenvalue weighted by atomic mass is 16.2. The molecular formula is C28H35N5O. The highest BCUT2D eigenvalue weighted by molar-refractivity contribution is 5.97. The molecular weight excluding hydrogens is 422 g/mol. The van der Waals surface area contributed by atoms with Gasteiger partial charge in [-0.2, -0.15) is 0 Å². The number of fused-ring (bicyclic) bond motifs is 1. The van der Waals surface area contributed by atoms with E-state index in [9.17, 15) is 4.79 Å². The molecule has 1 amide bonds. The van der Waals surface area contributed by atoms with E-state index in [0.717, 1.165) is 43.0 Å². The summed E-state index contributed by atoms with van der Waals surface area (Å²) in [7, 11) is 1.78. The number of benzene rings is 2. The van der Waals surface area contributed by atoms with Gasteiger partial charge in [-0.25, -0.2) is 5.43 Å². The van der Waals surface area contributed by atoms with E-state index in [-0.39, 0.29) is 5.91 Å². The minimum Gasteiger partial charge on any atom is -0.372 e. The number of hydrogen-bond donors (Lipinski definition) is 1. The Labute approximate surface area is 203 Å². The molecule has 34 heavy (non-hydrogen) atoms. The fourth-order valence-corrected chi connectivity index (χ4v) is 5.00. The van der Waals surface area contributed by atoms with Crippen LogP contribution < -0.4 is 15.2 Å². The molecule has 4 rings (SSSR count). The zero-order valence-electron chi connectivity index (χ0n) is 20.9. The quantitative estimate of drug-likeness (QED) is 0.533. The largest absolute Gasteiger partial charge is 0.372 e. The van der Waals surface area contributed by atoms with Crippen molar-refractivity contribution in [1.82, 2.24) is 15.4 Å². The van der Waals surface area contributed by atoms with Crippen molar-refractivity contribution in [3.05, 3.63) is 89.2 Å². The summed E-state index contributed by atoms with van der Waals surface area (Å²) in [6.45, 7) is 12.5. The molecule has 0 spiro atoms. The van der Waals surface area contributed by atoms with Crippen molar-refractivity contribution in [3.63, 3.8) is 0 Å². The number of nitrogens with one attached hydrogen (secondary N) is 1. The van der Waals surface area contributed by atoms with E-state index in [1.54, 1.807) is 18.3 Å². The molecule has 6 nitrogen and oxygen atoms in total. The lowest BCUT2D eigenvalue weighted by Crippen LogP contribution is -2.59. The van der Waals surface area contributed by atoms with Gasteiger partial charge in [0.25, 0.3) is 5.91 Å². The molecule has 0 bridgehead atoms. The van der Waals surface area contributed by atoms with Crippen molar-refractivity contribution < 1.29 is 4.79 Å². The number of hydrazine groups is 1. The highest BCUT2D eigenvalue weighted by Crippen LogP contribution is 2.41. The van der Waals surface area contributed by atoms with Crippen LogP contribution in [0.3, 0.4) is 0 Å². The van der Waals surface area contributed by atoms with Crippen molar-refractivity contribution in [2.45, 2.75) is 33.2 Å². The maximum Gasteiger partial charge on any atom is 0.269 e. The van der Waals surface area contributed by atoms with Gasteiger partial charge in [-0.05, 0) is 75.2 Å². The van der Waals surface area contributed by atoms with Crippen molar-refractivity contribution >= 4 is 17.3 Å². The van der Waals surface area contributed by atoms with Crippen LogP contribution in [0.15, 0.2) is 66.9 Å². The standard InChI is InChI=1S/C28H35N5O/c1-6-32(7-2)23-16-12-21(13-17-23)28(22-14-18-24(19-15-22)33(8-3)9-4)26-25(11-10-20-29-26)27(34)31(5)30-28/h10-20,30H,6-9H2,1-5H3. The lowest BCUT2D eigenvalue weighted by Gasteiger charge is -2.43. The molecule has 0 fully saturated rings. The number of carbonyl (C=O) groups excluding carboxylic acids is 1. The summed E-state index contributed by atoms with van der Waals surface area (Å²) in [4.78, 5) is 22.4. The second-order valence-corrected chi connectivity index (χ2v) is 8.56. The number of hydrogen-bond acceptors (Lipinski definition) is 5. The van der Waals surface area contributed by atoms with Crippen LogP contribution in [0.25, 0.3) is 0 Å². The molecule has 0 aliphatic carbocycles. The maximum absolute atomic E-state index is 13.0. The maximum atomic E-state index is 13.0. The summed E-state index contributed by atoms with van der Waals surface area (Å²) >= 11 is 0. The van der Waals surface area contributed by atoms with E-state index in [1.165, 1.54) is 11.4 Å². The monoisotopic (exact) mass is 457 g/mol. The normalized spacial score (nSPS) is 14.6. The number of pyridine rings is 1. The van der Waals surface area contributed by atoms with Crippen LogP contribution in [0.1, 0.15) is 54.9 Å². The molecule has 0 unspecified atom stereocenters. The first-order chi connectivity index (χ1) is 16.5. The Hall–Kier alpha value is -3.38. The molecule has 1 aliphatic heterocycles.